The SMILES string of the molecule is CCOC(=O)[C@H]1CCCN(C(=O)CCCSc2ccc(NC(=O)C3CC3)nn2)C1. The Morgan fingerprint density at radius 3 is 2.72 bits per heavy atom. The average molecular weight is 421 g/mol. The minimum atomic E-state index is -0.198. The van der Waals surface area contributed by atoms with Crippen molar-refractivity contribution >= 4 is 35.4 Å². The molecule has 0 bridgehead atoms. The number of piperidine rings is 1. The molecule has 1 saturated carbocycles. The second kappa shape index (κ2) is 10.6. The fourth-order valence-corrected chi connectivity index (χ4v) is 4.01. The van der Waals surface area contributed by atoms with Crippen molar-refractivity contribution < 1.29 is 19.1 Å². The summed E-state index contributed by atoms with van der Waals surface area (Å²) in [5, 5.41) is 11.7. The highest BCUT2D eigenvalue weighted by Crippen LogP contribution is 2.30. The zero-order valence-electron chi connectivity index (χ0n) is 16.8. The first-order valence-electron chi connectivity index (χ1n) is 10.3. The molecule has 1 aromatic rings. The maximum atomic E-state index is 12.4. The van der Waals surface area contributed by atoms with Gasteiger partial charge in [-0.2, -0.15) is 0 Å². The summed E-state index contributed by atoms with van der Waals surface area (Å²) in [5.74, 6) is 1.07. The lowest BCUT2D eigenvalue weighted by Crippen LogP contribution is -2.42. The van der Waals surface area contributed by atoms with Crippen LogP contribution in [0.4, 0.5) is 5.82 Å². The fraction of sp³-hybridized carbons (Fsp3) is 0.650. The lowest BCUT2D eigenvalue weighted by Gasteiger charge is -2.31. The first-order valence-corrected chi connectivity index (χ1v) is 11.3. The summed E-state index contributed by atoms with van der Waals surface area (Å²) < 4.78 is 5.08. The number of hydrogen-bond donors (Lipinski definition) is 1. The van der Waals surface area contributed by atoms with Crippen LogP contribution in [0.25, 0.3) is 0 Å². The molecule has 1 aromatic heterocycles. The largest absolute Gasteiger partial charge is 0.466 e. The Morgan fingerprint density at radius 1 is 1.21 bits per heavy atom. The Bertz CT molecular complexity index is 724. The van der Waals surface area contributed by atoms with Gasteiger partial charge in [-0.15, -0.1) is 22.0 Å². The number of amides is 2. The van der Waals surface area contributed by atoms with Crippen molar-refractivity contribution in [1.29, 1.82) is 0 Å². The molecular weight excluding hydrogens is 392 g/mol. The predicted octanol–water partition coefficient (Wildman–Crippen LogP) is 2.50. The third-order valence-electron chi connectivity index (χ3n) is 5.02. The van der Waals surface area contributed by atoms with Crippen LogP contribution in [0.5, 0.6) is 0 Å². The van der Waals surface area contributed by atoms with Gasteiger partial charge in [0.15, 0.2) is 5.82 Å². The maximum Gasteiger partial charge on any atom is 0.310 e. The Balaban J connectivity index is 1.34. The lowest BCUT2D eigenvalue weighted by molar-refractivity contribution is -0.151. The minimum absolute atomic E-state index is 0.0149. The van der Waals surface area contributed by atoms with E-state index in [0.717, 1.165) is 42.9 Å². The second-order valence-corrected chi connectivity index (χ2v) is 8.52. The number of nitrogens with one attached hydrogen (secondary N) is 1. The van der Waals surface area contributed by atoms with Gasteiger partial charge in [-0.05, 0) is 51.2 Å². The van der Waals surface area contributed by atoms with Crippen LogP contribution in [-0.4, -0.2) is 58.3 Å². The van der Waals surface area contributed by atoms with Gasteiger partial charge in [-0.25, -0.2) is 0 Å². The van der Waals surface area contributed by atoms with Gasteiger partial charge in [0, 0.05) is 31.2 Å². The Labute approximate surface area is 175 Å². The summed E-state index contributed by atoms with van der Waals surface area (Å²) in [5.41, 5.74) is 0. The van der Waals surface area contributed by atoms with Gasteiger partial charge in [0.1, 0.15) is 5.03 Å². The molecule has 2 fully saturated rings. The molecule has 1 atom stereocenters. The zero-order chi connectivity index (χ0) is 20.6. The van der Waals surface area contributed by atoms with Gasteiger partial charge in [-0.1, -0.05) is 0 Å². The van der Waals surface area contributed by atoms with E-state index < -0.39 is 0 Å². The standard InChI is InChI=1S/C20H28N4O4S/c1-2-28-20(27)15-5-3-11-24(13-15)18(25)6-4-12-29-17-10-9-16(22-23-17)21-19(26)14-7-8-14/h9-10,14-15H,2-8,11-13H2,1H3,(H,21,22,26)/t15-/m0/s1. The minimum Gasteiger partial charge on any atom is -0.466 e. The Kier molecular flexibility index (Phi) is 7.85. The molecule has 2 heterocycles. The van der Waals surface area contributed by atoms with Crippen LogP contribution in [0, 0.1) is 11.8 Å². The highest BCUT2D eigenvalue weighted by atomic mass is 32.2. The van der Waals surface area contributed by atoms with Crippen LogP contribution in [0.2, 0.25) is 0 Å². The number of nitrogens with zero attached hydrogens (tertiary/aromatic N) is 3. The van der Waals surface area contributed by atoms with Gasteiger partial charge in [-0.3, -0.25) is 14.4 Å². The van der Waals surface area contributed by atoms with E-state index in [1.807, 2.05) is 6.07 Å². The molecule has 0 aromatic carbocycles. The number of aromatic nitrogens is 2. The summed E-state index contributed by atoms with van der Waals surface area (Å²) >= 11 is 1.54. The van der Waals surface area contributed by atoms with Crippen molar-refractivity contribution in [3.05, 3.63) is 12.1 Å². The molecule has 8 nitrogen and oxygen atoms in total. The maximum absolute atomic E-state index is 12.4. The van der Waals surface area contributed by atoms with E-state index in [9.17, 15) is 14.4 Å². The summed E-state index contributed by atoms with van der Waals surface area (Å²) in [6.45, 7) is 3.34. The number of carbonyl (C=O) groups is 3. The summed E-state index contributed by atoms with van der Waals surface area (Å²) in [4.78, 5) is 37.8. The molecule has 1 saturated heterocycles. The van der Waals surface area contributed by atoms with Crippen LogP contribution >= 0.6 is 11.8 Å². The van der Waals surface area contributed by atoms with Gasteiger partial charge < -0.3 is 15.0 Å². The highest BCUT2D eigenvalue weighted by Gasteiger charge is 2.30. The third kappa shape index (κ3) is 6.69. The number of hydrogen-bond acceptors (Lipinski definition) is 7. The third-order valence-corrected chi connectivity index (χ3v) is 6.02. The molecular formula is C20H28N4O4S. The number of rotatable bonds is 9. The smallest absolute Gasteiger partial charge is 0.310 e. The summed E-state index contributed by atoms with van der Waals surface area (Å²) in [6, 6.07) is 3.58. The fourth-order valence-electron chi connectivity index (χ4n) is 3.25. The first kappa shape index (κ1) is 21.5. The van der Waals surface area contributed by atoms with Crippen molar-refractivity contribution in [3.63, 3.8) is 0 Å². The molecule has 1 aliphatic carbocycles. The molecule has 0 unspecified atom stereocenters. The van der Waals surface area contributed by atoms with E-state index in [-0.39, 0.29) is 29.6 Å². The lowest BCUT2D eigenvalue weighted by atomic mass is 9.98. The number of esters is 1. The van der Waals surface area contributed by atoms with E-state index in [0.29, 0.717) is 31.9 Å². The van der Waals surface area contributed by atoms with Crippen molar-refractivity contribution in [2.75, 3.05) is 30.8 Å². The van der Waals surface area contributed by atoms with Crippen LogP contribution in [0.1, 0.15) is 45.4 Å². The van der Waals surface area contributed by atoms with Gasteiger partial charge in [0.05, 0.1) is 12.5 Å². The number of thioether (sulfide) groups is 1. The van der Waals surface area contributed by atoms with Crippen molar-refractivity contribution in [2.45, 2.75) is 50.5 Å². The molecule has 2 aliphatic rings. The first-order chi connectivity index (χ1) is 14.1. The van der Waals surface area contributed by atoms with Crippen molar-refractivity contribution in [3.8, 4) is 0 Å². The van der Waals surface area contributed by atoms with Gasteiger partial charge in [0.2, 0.25) is 11.8 Å². The number of anilines is 1. The van der Waals surface area contributed by atoms with E-state index >= 15 is 0 Å². The van der Waals surface area contributed by atoms with Gasteiger partial charge >= 0.3 is 5.97 Å². The van der Waals surface area contributed by atoms with E-state index in [1.54, 1.807) is 17.9 Å². The highest BCUT2D eigenvalue weighted by molar-refractivity contribution is 7.99. The number of likely N-dealkylation sites (tertiary alicyclic amines) is 1. The summed E-state index contributed by atoms with van der Waals surface area (Å²) in [7, 11) is 0. The Hall–Kier alpha value is -2.16. The molecule has 1 N–H and O–H groups in total. The van der Waals surface area contributed by atoms with E-state index in [1.165, 1.54) is 11.8 Å². The molecule has 3 rings (SSSR count). The normalized spacial score (nSPS) is 18.9. The van der Waals surface area contributed by atoms with E-state index in [4.69, 9.17) is 4.74 Å². The summed E-state index contributed by atoms with van der Waals surface area (Å²) in [6.07, 6.45) is 4.70. The Morgan fingerprint density at radius 2 is 2.03 bits per heavy atom. The molecule has 0 spiro atoms. The van der Waals surface area contributed by atoms with Crippen molar-refractivity contribution in [2.24, 2.45) is 11.8 Å². The average Bonchev–Trinajstić information content (AvgIpc) is 3.58. The van der Waals surface area contributed by atoms with Crippen LogP contribution in [0.15, 0.2) is 17.2 Å². The van der Waals surface area contributed by atoms with Gasteiger partial charge in [0.25, 0.3) is 0 Å². The monoisotopic (exact) mass is 420 g/mol. The molecule has 1 aliphatic heterocycles. The predicted molar refractivity (Wildman–Crippen MR) is 109 cm³/mol. The molecule has 2 amide bonds. The zero-order valence-corrected chi connectivity index (χ0v) is 17.6. The second-order valence-electron chi connectivity index (χ2n) is 7.40. The number of carbonyl (C=O) groups excluding carboxylic acids is 3. The van der Waals surface area contributed by atoms with Crippen LogP contribution in [-0.2, 0) is 19.1 Å². The number of ether oxygens (including phenoxy) is 1. The van der Waals surface area contributed by atoms with Crippen molar-refractivity contribution in [1.82, 2.24) is 15.1 Å². The van der Waals surface area contributed by atoms with Crippen LogP contribution < -0.4 is 5.32 Å². The molecule has 0 radical (unpaired) electrons. The molecule has 9 heteroatoms. The molecule has 158 valence electrons. The molecule has 29 heavy (non-hydrogen) atoms. The van der Waals surface area contributed by atoms with E-state index in [2.05, 4.69) is 15.5 Å². The quantitative estimate of drug-likeness (QED) is 0.372. The topological polar surface area (TPSA) is 101 Å². The van der Waals surface area contributed by atoms with Crippen LogP contribution in [0.3, 0.4) is 0 Å².